The van der Waals surface area contributed by atoms with Crippen LogP contribution in [0.1, 0.15) is 29.0 Å². The van der Waals surface area contributed by atoms with Crippen LogP contribution in [-0.2, 0) is 11.2 Å². The number of phenolic OH excluding ortho intramolecular Hbond substituents is 1. The van der Waals surface area contributed by atoms with E-state index in [0.29, 0.717) is 41.2 Å². The first-order valence-corrected chi connectivity index (χ1v) is 11.7. The summed E-state index contributed by atoms with van der Waals surface area (Å²) in [4.78, 5) is 26.2. The van der Waals surface area contributed by atoms with Crippen molar-refractivity contribution < 1.29 is 33.6 Å². The number of nitrogens with one attached hydrogen (secondary N) is 1. The third-order valence-electron chi connectivity index (χ3n) is 6.31. The lowest BCUT2D eigenvalue weighted by Gasteiger charge is -2.20. The number of amides is 1. The Morgan fingerprint density at radius 3 is 2.65 bits per heavy atom. The van der Waals surface area contributed by atoms with Crippen LogP contribution >= 0.6 is 0 Å². The topological polar surface area (TPSA) is 127 Å². The summed E-state index contributed by atoms with van der Waals surface area (Å²) in [5.74, 6) is -0.0400. The van der Waals surface area contributed by atoms with Crippen molar-refractivity contribution in [1.29, 1.82) is 0 Å². The molecule has 0 saturated heterocycles. The van der Waals surface area contributed by atoms with Gasteiger partial charge in [0.25, 0.3) is 0 Å². The lowest BCUT2D eigenvalue weighted by Crippen LogP contribution is -2.28. The first-order chi connectivity index (χ1) is 17.9. The highest BCUT2D eigenvalue weighted by Crippen LogP contribution is 2.45. The fourth-order valence-corrected chi connectivity index (χ4v) is 4.46. The van der Waals surface area contributed by atoms with Crippen LogP contribution in [0.25, 0.3) is 11.0 Å². The summed E-state index contributed by atoms with van der Waals surface area (Å²) in [7, 11) is 1.48. The number of ether oxygens (including phenoxy) is 3. The van der Waals surface area contributed by atoms with Gasteiger partial charge in [-0.05, 0) is 53.9 Å². The minimum atomic E-state index is -0.863. The van der Waals surface area contributed by atoms with E-state index in [4.69, 9.17) is 18.6 Å². The van der Waals surface area contributed by atoms with E-state index >= 15 is 0 Å². The normalized spacial score (nSPS) is 12.9. The highest BCUT2D eigenvalue weighted by atomic mass is 16.7. The minimum Gasteiger partial charge on any atom is -0.508 e. The van der Waals surface area contributed by atoms with Gasteiger partial charge < -0.3 is 34.2 Å². The molecule has 0 radical (unpaired) electrons. The molecule has 9 heteroatoms. The lowest BCUT2D eigenvalue weighted by molar-refractivity contribution is -0.121. The number of para-hydroxylation sites is 1. The second-order valence-corrected chi connectivity index (χ2v) is 8.63. The van der Waals surface area contributed by atoms with Crippen LogP contribution in [0.15, 0.2) is 69.9 Å². The molecule has 5 rings (SSSR count). The average molecular weight is 504 g/mol. The lowest BCUT2D eigenvalue weighted by atomic mass is 9.87. The van der Waals surface area contributed by atoms with Gasteiger partial charge in [0.2, 0.25) is 18.4 Å². The Kier molecular flexibility index (Phi) is 6.59. The molecule has 0 saturated carbocycles. The monoisotopic (exact) mass is 503 g/mol. The van der Waals surface area contributed by atoms with Crippen molar-refractivity contribution in [2.75, 3.05) is 20.4 Å². The van der Waals surface area contributed by atoms with E-state index in [1.165, 1.54) is 7.11 Å². The third-order valence-corrected chi connectivity index (χ3v) is 6.31. The summed E-state index contributed by atoms with van der Waals surface area (Å²) in [6.07, 6.45) is 0.410. The SMILES string of the molecule is COc1cc(C(CC(=O)NCCc2ccc(O)cc2)c2c(O)c3ccccc3oc2=O)cc2c1OCO2. The second kappa shape index (κ2) is 10.1. The van der Waals surface area contributed by atoms with Crippen molar-refractivity contribution >= 4 is 16.9 Å². The maximum Gasteiger partial charge on any atom is 0.343 e. The number of fused-ring (bicyclic) bond motifs is 2. The quantitative estimate of drug-likeness (QED) is 0.310. The fourth-order valence-electron chi connectivity index (χ4n) is 4.46. The first kappa shape index (κ1) is 24.1. The number of benzene rings is 3. The number of aromatic hydroxyl groups is 2. The summed E-state index contributed by atoms with van der Waals surface area (Å²) < 4.78 is 22.0. The van der Waals surface area contributed by atoms with Crippen LogP contribution in [0.4, 0.5) is 0 Å². The molecule has 4 aromatic rings. The molecule has 1 aliphatic heterocycles. The first-order valence-electron chi connectivity index (χ1n) is 11.7. The molecule has 1 aromatic heterocycles. The van der Waals surface area contributed by atoms with Gasteiger partial charge >= 0.3 is 5.63 Å². The molecule has 190 valence electrons. The number of phenols is 1. The molecule has 37 heavy (non-hydrogen) atoms. The Morgan fingerprint density at radius 2 is 1.86 bits per heavy atom. The number of carbonyl (C=O) groups excluding carboxylic acids is 1. The largest absolute Gasteiger partial charge is 0.508 e. The summed E-state index contributed by atoms with van der Waals surface area (Å²) >= 11 is 0. The molecule has 9 nitrogen and oxygen atoms in total. The van der Waals surface area contributed by atoms with Gasteiger partial charge in [-0.15, -0.1) is 0 Å². The zero-order valence-corrected chi connectivity index (χ0v) is 20.0. The van der Waals surface area contributed by atoms with Crippen LogP contribution in [0.2, 0.25) is 0 Å². The molecule has 3 N–H and O–H groups in total. The Labute approximate surface area is 211 Å². The number of carbonyl (C=O) groups is 1. The molecule has 0 spiro atoms. The molecule has 0 fully saturated rings. The predicted octanol–water partition coefficient (Wildman–Crippen LogP) is 3.82. The van der Waals surface area contributed by atoms with Gasteiger partial charge in [-0.3, -0.25) is 4.79 Å². The van der Waals surface area contributed by atoms with E-state index in [2.05, 4.69) is 5.32 Å². The fraction of sp³-hybridized carbons (Fsp3) is 0.214. The molecular weight excluding hydrogens is 478 g/mol. The zero-order chi connectivity index (χ0) is 25.9. The maximum absolute atomic E-state index is 13.1. The molecule has 0 bridgehead atoms. The number of hydrogen-bond acceptors (Lipinski definition) is 8. The van der Waals surface area contributed by atoms with Gasteiger partial charge in [0.05, 0.1) is 18.1 Å². The van der Waals surface area contributed by atoms with Crippen LogP contribution < -0.4 is 25.2 Å². The van der Waals surface area contributed by atoms with Crippen LogP contribution in [-0.4, -0.2) is 36.6 Å². The number of rotatable bonds is 8. The number of methoxy groups -OCH3 is 1. The van der Waals surface area contributed by atoms with E-state index in [0.717, 1.165) is 5.56 Å². The van der Waals surface area contributed by atoms with Gasteiger partial charge in [0, 0.05) is 18.9 Å². The summed E-state index contributed by atoms with van der Waals surface area (Å²) in [5, 5.41) is 23.8. The van der Waals surface area contributed by atoms with Gasteiger partial charge in [-0.2, -0.15) is 0 Å². The number of hydrogen-bond donors (Lipinski definition) is 3. The van der Waals surface area contributed by atoms with Gasteiger partial charge in [-0.1, -0.05) is 24.3 Å². The highest BCUT2D eigenvalue weighted by molar-refractivity contribution is 5.85. The van der Waals surface area contributed by atoms with E-state index < -0.39 is 11.5 Å². The minimum absolute atomic E-state index is 0.0148. The highest BCUT2D eigenvalue weighted by Gasteiger charge is 2.30. The Hall–Kier alpha value is -4.66. The van der Waals surface area contributed by atoms with E-state index in [-0.39, 0.29) is 41.8 Å². The van der Waals surface area contributed by atoms with Crippen LogP contribution in [0, 0.1) is 0 Å². The van der Waals surface area contributed by atoms with Crippen molar-refractivity contribution in [1.82, 2.24) is 5.32 Å². The average Bonchev–Trinajstić information content (AvgIpc) is 3.37. The van der Waals surface area contributed by atoms with Crippen LogP contribution in [0.5, 0.6) is 28.7 Å². The molecule has 1 aliphatic rings. The molecule has 1 unspecified atom stereocenters. The second-order valence-electron chi connectivity index (χ2n) is 8.63. The standard InChI is InChI=1S/C28H25NO8/c1-34-22-12-17(13-23-27(22)36-15-35-23)20(14-24(31)29-11-10-16-6-8-18(30)9-7-16)25-26(32)19-4-2-3-5-21(19)37-28(25)33/h2-9,12-13,20,30,32H,10-11,14-15H2,1H3,(H,29,31). The smallest absolute Gasteiger partial charge is 0.343 e. The van der Waals surface area contributed by atoms with Gasteiger partial charge in [0.1, 0.15) is 17.1 Å². The van der Waals surface area contributed by atoms with Crippen molar-refractivity contribution in [3.8, 4) is 28.7 Å². The Bertz CT molecular complexity index is 1510. The summed E-state index contributed by atoms with van der Waals surface area (Å²) in [5.41, 5.74) is 0.938. The maximum atomic E-state index is 13.1. The molecule has 1 atom stereocenters. The third kappa shape index (κ3) is 4.88. The van der Waals surface area contributed by atoms with Crippen molar-refractivity contribution in [2.24, 2.45) is 0 Å². The van der Waals surface area contributed by atoms with E-state index in [1.807, 2.05) is 0 Å². The van der Waals surface area contributed by atoms with Crippen molar-refractivity contribution in [3.05, 3.63) is 87.8 Å². The van der Waals surface area contributed by atoms with Crippen molar-refractivity contribution in [2.45, 2.75) is 18.8 Å². The summed E-state index contributed by atoms with van der Waals surface area (Å²) in [6, 6.07) is 16.7. The summed E-state index contributed by atoms with van der Waals surface area (Å²) in [6.45, 7) is 0.361. The predicted molar refractivity (Wildman–Crippen MR) is 135 cm³/mol. The molecule has 3 aromatic carbocycles. The zero-order valence-electron chi connectivity index (χ0n) is 20.0. The molecule has 1 amide bonds. The van der Waals surface area contributed by atoms with Gasteiger partial charge in [-0.25, -0.2) is 4.79 Å². The molecule has 2 heterocycles. The molecular formula is C28H25NO8. The molecule has 0 aliphatic carbocycles. The Balaban J connectivity index is 1.49. The van der Waals surface area contributed by atoms with Crippen molar-refractivity contribution in [3.63, 3.8) is 0 Å². The van der Waals surface area contributed by atoms with E-state index in [9.17, 15) is 19.8 Å². The van der Waals surface area contributed by atoms with Crippen LogP contribution in [0.3, 0.4) is 0 Å². The van der Waals surface area contributed by atoms with Gasteiger partial charge in [0.15, 0.2) is 11.5 Å². The Morgan fingerprint density at radius 1 is 1.08 bits per heavy atom. The van der Waals surface area contributed by atoms with E-state index in [1.54, 1.807) is 60.7 Å².